The van der Waals surface area contributed by atoms with Gasteiger partial charge >= 0.3 is 24.5 Å². The summed E-state index contributed by atoms with van der Waals surface area (Å²) in [6.07, 6.45) is -17.7. The van der Waals surface area contributed by atoms with Crippen molar-refractivity contribution in [2.24, 2.45) is 0 Å². The quantitative estimate of drug-likeness (QED) is 0.191. The van der Waals surface area contributed by atoms with Crippen LogP contribution in [0.3, 0.4) is 0 Å². The number of aromatic nitrogens is 1. The summed E-state index contributed by atoms with van der Waals surface area (Å²) in [6.45, 7) is 0.884. The van der Waals surface area contributed by atoms with Gasteiger partial charge < -0.3 is 15.2 Å². The summed E-state index contributed by atoms with van der Waals surface area (Å²) in [7, 11) is 0. The number of hydrogen-bond donors (Lipinski definition) is 2. The Morgan fingerprint density at radius 2 is 1.59 bits per heavy atom. The van der Waals surface area contributed by atoms with E-state index in [0.717, 1.165) is 13.0 Å². The van der Waals surface area contributed by atoms with Crippen LogP contribution in [0.15, 0.2) is 65.6 Å². The number of ether oxygens (including phenoxy) is 1. The zero-order valence-electron chi connectivity index (χ0n) is 28.7. The van der Waals surface area contributed by atoms with Gasteiger partial charge in [0.1, 0.15) is 29.5 Å². The van der Waals surface area contributed by atoms with Crippen molar-refractivity contribution in [1.29, 1.82) is 0 Å². The third kappa shape index (κ3) is 8.22. The number of carboxylic acid groups (broad SMARTS) is 1. The number of nitrogens with one attached hydrogen (secondary N) is 1. The zero-order chi connectivity index (χ0) is 41.1. The molecule has 2 aliphatic heterocycles. The van der Waals surface area contributed by atoms with E-state index in [2.05, 4.69) is 5.32 Å². The number of likely N-dealkylation sites (tertiary alicyclic amines) is 1. The number of halogens is 11. The van der Waals surface area contributed by atoms with Crippen LogP contribution in [0.1, 0.15) is 57.4 Å². The maximum atomic E-state index is 16.0. The molecule has 3 aromatic carbocycles. The third-order valence-corrected chi connectivity index (χ3v) is 9.40. The van der Waals surface area contributed by atoms with Crippen LogP contribution in [0.25, 0.3) is 11.1 Å². The molecule has 0 radical (unpaired) electrons. The van der Waals surface area contributed by atoms with Crippen molar-refractivity contribution in [2.45, 2.75) is 56.5 Å². The number of rotatable bonds is 6. The lowest BCUT2D eigenvalue weighted by molar-refractivity contribution is -0.140. The van der Waals surface area contributed by atoms with Gasteiger partial charge in [0.15, 0.2) is 0 Å². The van der Waals surface area contributed by atoms with Crippen molar-refractivity contribution in [3.05, 3.63) is 116 Å². The van der Waals surface area contributed by atoms with E-state index in [1.807, 2.05) is 0 Å². The van der Waals surface area contributed by atoms with E-state index in [1.165, 1.54) is 23.1 Å². The summed E-state index contributed by atoms with van der Waals surface area (Å²) >= 11 is 0. The Labute approximate surface area is 309 Å². The highest BCUT2D eigenvalue weighted by Crippen LogP contribution is 2.45. The first-order valence-electron chi connectivity index (χ1n) is 16.6. The van der Waals surface area contributed by atoms with E-state index in [4.69, 9.17) is 4.74 Å². The fraction of sp³-hybridized carbons (Fsp3) is 0.324. The van der Waals surface area contributed by atoms with Crippen molar-refractivity contribution in [2.75, 3.05) is 19.6 Å². The van der Waals surface area contributed by atoms with Gasteiger partial charge in [-0.2, -0.15) is 39.5 Å². The molecule has 2 N–H and O–H groups in total. The lowest BCUT2D eigenvalue weighted by Gasteiger charge is -2.34. The van der Waals surface area contributed by atoms with Gasteiger partial charge in [0, 0.05) is 43.0 Å². The molecule has 0 unspecified atom stereocenters. The molecule has 6 rings (SSSR count). The zero-order valence-corrected chi connectivity index (χ0v) is 28.7. The average Bonchev–Trinajstić information content (AvgIpc) is 3.05. The predicted molar refractivity (Wildman–Crippen MR) is 175 cm³/mol. The molecular formula is C37H28F11N3O5. The first-order chi connectivity index (χ1) is 26.0. The van der Waals surface area contributed by atoms with Crippen molar-refractivity contribution < 1.29 is 67.7 Å². The van der Waals surface area contributed by atoms with Crippen LogP contribution in [0.5, 0.6) is 11.5 Å². The Morgan fingerprint density at radius 3 is 2.20 bits per heavy atom. The van der Waals surface area contributed by atoms with Crippen LogP contribution in [-0.2, 0) is 34.5 Å². The number of aryl methyl sites for hydroxylation is 1. The van der Waals surface area contributed by atoms with E-state index >= 15 is 4.39 Å². The second kappa shape index (κ2) is 14.6. The van der Waals surface area contributed by atoms with Crippen LogP contribution in [0.4, 0.5) is 48.3 Å². The van der Waals surface area contributed by atoms with Gasteiger partial charge in [0.25, 0.3) is 5.56 Å². The van der Waals surface area contributed by atoms with E-state index in [1.54, 1.807) is 0 Å². The number of fused-ring (bicyclic) bond motifs is 6. The number of carbonyl (C=O) groups is 2. The third-order valence-electron chi connectivity index (χ3n) is 9.40. The lowest BCUT2D eigenvalue weighted by Crippen LogP contribution is -2.49. The average molecular weight is 804 g/mol. The van der Waals surface area contributed by atoms with Gasteiger partial charge in [-0.15, -0.1) is 0 Å². The molecule has 1 aromatic heterocycles. The molecule has 3 heterocycles. The lowest BCUT2D eigenvalue weighted by atomic mass is 9.90. The van der Waals surface area contributed by atoms with E-state index in [-0.39, 0.29) is 48.6 Å². The number of amides is 1. The molecule has 2 aliphatic rings. The second-order valence-electron chi connectivity index (χ2n) is 13.4. The maximum absolute atomic E-state index is 16.0. The van der Waals surface area contributed by atoms with Crippen LogP contribution in [-0.4, -0.2) is 52.3 Å². The number of benzene rings is 3. The fourth-order valence-corrected chi connectivity index (χ4v) is 6.82. The van der Waals surface area contributed by atoms with Gasteiger partial charge in [-0.1, -0.05) is 12.1 Å². The molecule has 0 aliphatic carbocycles. The molecule has 0 saturated carbocycles. The van der Waals surface area contributed by atoms with Crippen LogP contribution in [0.2, 0.25) is 0 Å². The van der Waals surface area contributed by atoms with Gasteiger partial charge in [-0.05, 0) is 72.0 Å². The normalized spacial score (nSPS) is 18.1. The summed E-state index contributed by atoms with van der Waals surface area (Å²) in [4.78, 5) is 41.4. The van der Waals surface area contributed by atoms with Crippen molar-refractivity contribution in [1.82, 2.24) is 14.8 Å². The largest absolute Gasteiger partial charge is 0.481 e. The minimum atomic E-state index is -5.47. The summed E-state index contributed by atoms with van der Waals surface area (Å²) in [6, 6.07) is 2.65. The van der Waals surface area contributed by atoms with Gasteiger partial charge in [0.05, 0.1) is 29.2 Å². The van der Waals surface area contributed by atoms with Gasteiger partial charge in [-0.3, -0.25) is 23.9 Å². The molecule has 56 heavy (non-hydrogen) atoms. The topological polar surface area (TPSA) is 101 Å². The van der Waals surface area contributed by atoms with Crippen molar-refractivity contribution >= 4 is 11.9 Å². The first-order valence-corrected chi connectivity index (χ1v) is 16.6. The highest BCUT2D eigenvalue weighted by atomic mass is 19.4. The molecule has 1 fully saturated rings. The van der Waals surface area contributed by atoms with Crippen molar-refractivity contribution in [3.8, 4) is 22.6 Å². The minimum absolute atomic E-state index is 0.0648. The second-order valence-corrected chi connectivity index (χ2v) is 13.4. The summed E-state index contributed by atoms with van der Waals surface area (Å²) in [5, 5.41) is 11.9. The number of alkyl halides is 10. The standard InChI is InChI=1S/C37H28F11N3O5/c1-17-7-21(35(40,41)42)11-28-31(17)20-9-24(32(39)26(10-20)37(46,47)48)27(13-30(53)54)49-34(55)33(18-3-2-4-23(8-18)56-28)51-14-19(5-6-50-15-22(38)16-50)25(12-29(51)52)36(43,44)45/h2-4,7-12,14,22,27,33H,5-6,13,15-16H2,1H3,(H,49,55)(H,53,54)/t27-,33+/m0/s1. The smallest absolute Gasteiger partial charge is 0.419 e. The maximum Gasteiger partial charge on any atom is 0.419 e. The van der Waals surface area contributed by atoms with Crippen LogP contribution >= 0.6 is 0 Å². The Hall–Kier alpha value is -5.46. The number of aliphatic carboxylic acids is 1. The summed E-state index contributed by atoms with van der Waals surface area (Å²) in [5.41, 5.74) is -9.20. The molecule has 1 amide bonds. The Kier molecular flexibility index (Phi) is 10.5. The summed E-state index contributed by atoms with van der Waals surface area (Å²) in [5.74, 6) is -6.24. The Balaban J connectivity index is 1.63. The highest BCUT2D eigenvalue weighted by molar-refractivity contribution is 5.85. The Bertz CT molecular complexity index is 2260. The molecule has 4 aromatic rings. The molecular weight excluding hydrogens is 775 g/mol. The first kappa shape index (κ1) is 40.2. The van der Waals surface area contributed by atoms with E-state index in [0.29, 0.717) is 29.0 Å². The molecule has 4 bridgehead atoms. The highest BCUT2D eigenvalue weighted by Gasteiger charge is 2.40. The SMILES string of the molecule is Cc1cc(C(F)(F)F)cc2c1-c1cc(c(F)c(C(F)(F)F)c1)[C@H](CC(=O)O)NC(=O)[C@H](n1cc(CCN3CC(F)C3)c(C(F)(F)F)cc1=O)c1cccc(c1)O2. The minimum Gasteiger partial charge on any atom is -0.481 e. The number of nitrogens with zero attached hydrogens (tertiary/aromatic N) is 2. The van der Waals surface area contributed by atoms with Crippen molar-refractivity contribution in [3.63, 3.8) is 0 Å². The monoisotopic (exact) mass is 803 g/mol. The van der Waals surface area contributed by atoms with Crippen LogP contribution in [0, 0.1) is 12.7 Å². The predicted octanol–water partition coefficient (Wildman–Crippen LogP) is 8.24. The van der Waals surface area contributed by atoms with Gasteiger partial charge in [-0.25, -0.2) is 8.78 Å². The molecule has 2 atom stereocenters. The fourth-order valence-electron chi connectivity index (χ4n) is 6.82. The van der Waals surface area contributed by atoms with Gasteiger partial charge in [0.2, 0.25) is 5.91 Å². The molecule has 0 spiro atoms. The van der Waals surface area contributed by atoms with Crippen LogP contribution < -0.4 is 15.6 Å². The van der Waals surface area contributed by atoms with E-state index in [9.17, 15) is 63.4 Å². The number of carboxylic acids is 1. The molecule has 1 saturated heterocycles. The number of carbonyl (C=O) groups excluding carboxylic acids is 1. The Morgan fingerprint density at radius 1 is 0.911 bits per heavy atom. The summed E-state index contributed by atoms with van der Waals surface area (Å²) < 4.78 is 164. The van der Waals surface area contributed by atoms with E-state index < -0.39 is 118 Å². The molecule has 8 nitrogen and oxygen atoms in total. The number of hydrogen-bond acceptors (Lipinski definition) is 5. The number of pyridine rings is 1. The molecule has 19 heteroatoms. The molecule has 298 valence electrons.